The van der Waals surface area contributed by atoms with E-state index in [1.165, 1.54) is 23.8 Å². The smallest absolute Gasteiger partial charge is 0.305 e. The summed E-state index contributed by atoms with van der Waals surface area (Å²) in [7, 11) is 1.43. The van der Waals surface area contributed by atoms with Crippen molar-refractivity contribution in [2.24, 2.45) is 0 Å². The largest absolute Gasteiger partial charge is 0.469 e. The predicted octanol–water partition coefficient (Wildman–Crippen LogP) is 2.39. The maximum atomic E-state index is 10.9. The van der Waals surface area contributed by atoms with Crippen LogP contribution in [0.3, 0.4) is 0 Å². The quantitative estimate of drug-likeness (QED) is 0.595. The molecule has 0 atom stereocenters. The molecule has 0 aliphatic carbocycles. The van der Waals surface area contributed by atoms with E-state index in [4.69, 9.17) is 0 Å². The minimum absolute atomic E-state index is 0.133. The summed E-state index contributed by atoms with van der Waals surface area (Å²) in [4.78, 5) is 10.9. The summed E-state index contributed by atoms with van der Waals surface area (Å²) >= 11 is 0. The van der Waals surface area contributed by atoms with Crippen LogP contribution in [-0.2, 0) is 16.0 Å². The Bertz CT molecular complexity index is 388. The Morgan fingerprint density at radius 3 is 2.78 bits per heavy atom. The molecule has 0 radical (unpaired) electrons. The van der Waals surface area contributed by atoms with Gasteiger partial charge in [-0.05, 0) is 50.9 Å². The van der Waals surface area contributed by atoms with E-state index in [-0.39, 0.29) is 5.97 Å². The molecule has 100 valence electrons. The third kappa shape index (κ3) is 5.32. The molecular weight excluding hydrogens is 226 g/mol. The molecule has 1 aromatic carbocycles. The number of esters is 1. The van der Waals surface area contributed by atoms with Crippen molar-refractivity contribution in [3.8, 4) is 0 Å². The van der Waals surface area contributed by atoms with Crippen molar-refractivity contribution in [3.63, 3.8) is 0 Å². The van der Waals surface area contributed by atoms with Crippen molar-refractivity contribution in [2.45, 2.75) is 33.1 Å². The number of rotatable bonds is 7. The van der Waals surface area contributed by atoms with Gasteiger partial charge in [-0.3, -0.25) is 4.79 Å². The predicted molar refractivity (Wildman–Crippen MR) is 73.7 cm³/mol. The first-order valence-corrected chi connectivity index (χ1v) is 6.47. The number of benzene rings is 1. The third-order valence-electron chi connectivity index (χ3n) is 3.04. The minimum atomic E-state index is -0.133. The molecule has 3 nitrogen and oxygen atoms in total. The molecule has 0 bridgehead atoms. The fraction of sp³-hybridized carbons (Fsp3) is 0.533. The van der Waals surface area contributed by atoms with Crippen LogP contribution in [0, 0.1) is 13.8 Å². The molecule has 0 heterocycles. The zero-order valence-corrected chi connectivity index (χ0v) is 11.6. The van der Waals surface area contributed by atoms with Gasteiger partial charge in [0.25, 0.3) is 0 Å². The molecule has 0 aliphatic rings. The lowest BCUT2D eigenvalue weighted by Crippen LogP contribution is -2.19. The highest BCUT2D eigenvalue weighted by Crippen LogP contribution is 2.10. The van der Waals surface area contributed by atoms with Gasteiger partial charge in [0.2, 0.25) is 0 Å². The van der Waals surface area contributed by atoms with Crippen molar-refractivity contribution in [2.75, 3.05) is 20.2 Å². The molecule has 0 aromatic heterocycles. The first-order valence-electron chi connectivity index (χ1n) is 6.47. The van der Waals surface area contributed by atoms with Crippen molar-refractivity contribution >= 4 is 5.97 Å². The maximum absolute atomic E-state index is 10.9. The molecule has 0 fully saturated rings. The van der Waals surface area contributed by atoms with E-state index >= 15 is 0 Å². The van der Waals surface area contributed by atoms with Gasteiger partial charge in [-0.1, -0.05) is 23.8 Å². The Labute approximate surface area is 110 Å². The topological polar surface area (TPSA) is 38.3 Å². The second-order valence-corrected chi connectivity index (χ2v) is 4.61. The lowest BCUT2D eigenvalue weighted by atomic mass is 10.0. The Hall–Kier alpha value is -1.35. The van der Waals surface area contributed by atoms with Crippen molar-refractivity contribution in [1.29, 1.82) is 0 Å². The first kappa shape index (κ1) is 14.7. The van der Waals surface area contributed by atoms with E-state index in [0.29, 0.717) is 6.42 Å². The van der Waals surface area contributed by atoms with Crippen molar-refractivity contribution in [3.05, 3.63) is 34.9 Å². The maximum Gasteiger partial charge on any atom is 0.305 e. The van der Waals surface area contributed by atoms with E-state index in [9.17, 15) is 4.79 Å². The van der Waals surface area contributed by atoms with E-state index in [0.717, 1.165) is 25.9 Å². The number of hydrogen-bond donors (Lipinski definition) is 1. The number of hydrogen-bond acceptors (Lipinski definition) is 3. The standard InChI is InChI=1S/C15H23NO2/c1-12-6-7-13(2)14(11-12)8-10-16-9-4-5-15(17)18-3/h6-7,11,16H,4-5,8-10H2,1-3H3. The van der Waals surface area contributed by atoms with Crippen LogP contribution in [0.25, 0.3) is 0 Å². The Morgan fingerprint density at radius 1 is 1.28 bits per heavy atom. The Morgan fingerprint density at radius 2 is 2.06 bits per heavy atom. The van der Waals surface area contributed by atoms with Crippen LogP contribution in [0.4, 0.5) is 0 Å². The molecule has 3 heteroatoms. The van der Waals surface area contributed by atoms with E-state index in [1.54, 1.807) is 0 Å². The zero-order chi connectivity index (χ0) is 13.4. The highest BCUT2D eigenvalue weighted by molar-refractivity contribution is 5.69. The Balaban J connectivity index is 2.18. The molecule has 0 spiro atoms. The third-order valence-corrected chi connectivity index (χ3v) is 3.04. The van der Waals surface area contributed by atoms with Crippen LogP contribution in [0.5, 0.6) is 0 Å². The molecule has 18 heavy (non-hydrogen) atoms. The van der Waals surface area contributed by atoms with Crippen LogP contribution in [0.1, 0.15) is 29.5 Å². The molecule has 0 unspecified atom stereocenters. The summed E-state index contributed by atoms with van der Waals surface area (Å²) in [5.74, 6) is -0.133. The van der Waals surface area contributed by atoms with Gasteiger partial charge in [-0.25, -0.2) is 0 Å². The van der Waals surface area contributed by atoms with E-state index in [1.807, 2.05) is 0 Å². The molecule has 0 aliphatic heterocycles. The number of aryl methyl sites for hydroxylation is 2. The monoisotopic (exact) mass is 249 g/mol. The second kappa shape index (κ2) is 7.88. The summed E-state index contributed by atoms with van der Waals surface area (Å²) < 4.78 is 4.59. The molecule has 0 saturated heterocycles. The van der Waals surface area contributed by atoms with Crippen LogP contribution in [-0.4, -0.2) is 26.2 Å². The number of nitrogens with one attached hydrogen (secondary N) is 1. The average molecular weight is 249 g/mol. The van der Waals surface area contributed by atoms with E-state index < -0.39 is 0 Å². The van der Waals surface area contributed by atoms with Gasteiger partial charge >= 0.3 is 5.97 Å². The van der Waals surface area contributed by atoms with Crippen molar-refractivity contribution < 1.29 is 9.53 Å². The van der Waals surface area contributed by atoms with Gasteiger partial charge < -0.3 is 10.1 Å². The summed E-state index contributed by atoms with van der Waals surface area (Å²) in [5.41, 5.74) is 4.05. The van der Waals surface area contributed by atoms with E-state index in [2.05, 4.69) is 42.1 Å². The lowest BCUT2D eigenvalue weighted by molar-refractivity contribution is -0.140. The first-order chi connectivity index (χ1) is 8.63. The van der Waals surface area contributed by atoms with Gasteiger partial charge in [0.15, 0.2) is 0 Å². The van der Waals surface area contributed by atoms with Gasteiger partial charge in [0.05, 0.1) is 7.11 Å². The molecule has 0 saturated carbocycles. The highest BCUT2D eigenvalue weighted by Gasteiger charge is 2.00. The second-order valence-electron chi connectivity index (χ2n) is 4.61. The molecule has 1 rings (SSSR count). The molecule has 1 N–H and O–H groups in total. The summed E-state index contributed by atoms with van der Waals surface area (Å²) in [6, 6.07) is 6.55. The normalized spacial score (nSPS) is 10.4. The van der Waals surface area contributed by atoms with Gasteiger partial charge in [0, 0.05) is 6.42 Å². The van der Waals surface area contributed by atoms with Crippen molar-refractivity contribution in [1.82, 2.24) is 5.32 Å². The Kier molecular flexibility index (Phi) is 6.44. The van der Waals surface area contributed by atoms with Crippen LogP contribution in [0.2, 0.25) is 0 Å². The SMILES string of the molecule is COC(=O)CCCNCCc1cc(C)ccc1C. The number of carbonyl (C=O) groups excluding carboxylic acids is 1. The molecule has 1 aromatic rings. The average Bonchev–Trinajstić information content (AvgIpc) is 2.37. The van der Waals surface area contributed by atoms with Gasteiger partial charge in [0.1, 0.15) is 0 Å². The summed E-state index contributed by atoms with van der Waals surface area (Å²) in [6.45, 7) is 6.07. The fourth-order valence-corrected chi connectivity index (χ4v) is 1.88. The molecule has 0 amide bonds. The van der Waals surface area contributed by atoms with Crippen LogP contribution < -0.4 is 5.32 Å². The van der Waals surface area contributed by atoms with Crippen LogP contribution in [0.15, 0.2) is 18.2 Å². The van der Waals surface area contributed by atoms with Crippen LogP contribution >= 0.6 is 0 Å². The fourth-order valence-electron chi connectivity index (χ4n) is 1.88. The number of ether oxygens (including phenoxy) is 1. The zero-order valence-electron chi connectivity index (χ0n) is 11.6. The van der Waals surface area contributed by atoms with Gasteiger partial charge in [-0.15, -0.1) is 0 Å². The lowest BCUT2D eigenvalue weighted by Gasteiger charge is -2.08. The highest BCUT2D eigenvalue weighted by atomic mass is 16.5. The number of carbonyl (C=O) groups is 1. The number of methoxy groups -OCH3 is 1. The van der Waals surface area contributed by atoms with Gasteiger partial charge in [-0.2, -0.15) is 0 Å². The minimum Gasteiger partial charge on any atom is -0.469 e. The molecular formula is C15H23NO2. The summed E-state index contributed by atoms with van der Waals surface area (Å²) in [6.07, 6.45) is 2.36. The summed E-state index contributed by atoms with van der Waals surface area (Å²) in [5, 5.41) is 3.35.